The van der Waals surface area contributed by atoms with E-state index in [1.165, 1.54) is 16.8 Å². The molecule has 3 aliphatic heterocycles. The molecule has 3 aliphatic rings. The van der Waals surface area contributed by atoms with Crippen LogP contribution in [0.4, 0.5) is 11.4 Å². The number of carbonyl (C=O) groups excluding carboxylic acids is 1. The molecule has 0 aliphatic carbocycles. The van der Waals surface area contributed by atoms with Gasteiger partial charge in [0.15, 0.2) is 11.5 Å². The number of hydrogen-bond donors (Lipinski definition) is 1. The number of piperazine rings is 1. The molecule has 0 radical (unpaired) electrons. The Kier molecular flexibility index (Phi) is 4.13. The third-order valence-electron chi connectivity index (χ3n) is 5.56. The molecular weight excluding hydrogens is 342 g/mol. The van der Waals surface area contributed by atoms with Gasteiger partial charge in [-0.25, -0.2) is 0 Å². The largest absolute Gasteiger partial charge is 0.454 e. The van der Waals surface area contributed by atoms with E-state index < -0.39 is 0 Å². The van der Waals surface area contributed by atoms with Crippen molar-refractivity contribution in [1.29, 1.82) is 0 Å². The van der Waals surface area contributed by atoms with Crippen LogP contribution in [0.5, 0.6) is 11.5 Å². The van der Waals surface area contributed by atoms with Crippen LogP contribution in [0.15, 0.2) is 36.4 Å². The fraction of sp³-hybridized carbons (Fsp3) is 0.381. The van der Waals surface area contributed by atoms with Crippen molar-refractivity contribution in [2.75, 3.05) is 43.2 Å². The summed E-state index contributed by atoms with van der Waals surface area (Å²) in [7, 11) is 0. The van der Waals surface area contributed by atoms with E-state index in [1.54, 1.807) is 0 Å². The Labute approximate surface area is 158 Å². The summed E-state index contributed by atoms with van der Waals surface area (Å²) in [6.07, 6.45) is 1.42. The zero-order valence-electron chi connectivity index (χ0n) is 15.2. The van der Waals surface area contributed by atoms with E-state index in [4.69, 9.17) is 9.47 Å². The van der Waals surface area contributed by atoms with Crippen LogP contribution in [0.2, 0.25) is 0 Å². The molecule has 0 atom stereocenters. The molecule has 0 bridgehead atoms. The monoisotopic (exact) mass is 365 g/mol. The molecule has 1 amide bonds. The van der Waals surface area contributed by atoms with Crippen LogP contribution in [-0.4, -0.2) is 43.8 Å². The van der Waals surface area contributed by atoms with Crippen molar-refractivity contribution in [3.05, 3.63) is 47.5 Å². The van der Waals surface area contributed by atoms with Crippen molar-refractivity contribution in [3.8, 4) is 11.5 Å². The summed E-state index contributed by atoms with van der Waals surface area (Å²) < 4.78 is 10.9. The molecule has 3 heterocycles. The number of rotatable bonds is 3. The van der Waals surface area contributed by atoms with Gasteiger partial charge in [0.2, 0.25) is 12.7 Å². The number of benzene rings is 2. The molecular formula is C21H23N3O3. The molecule has 0 saturated carbocycles. The first-order chi connectivity index (χ1) is 13.2. The lowest BCUT2D eigenvalue weighted by Gasteiger charge is -2.36. The van der Waals surface area contributed by atoms with E-state index in [1.807, 2.05) is 12.1 Å². The number of aryl methyl sites for hydroxylation is 1. The second kappa shape index (κ2) is 6.78. The van der Waals surface area contributed by atoms with Crippen molar-refractivity contribution in [2.45, 2.75) is 19.4 Å². The molecule has 0 unspecified atom stereocenters. The molecule has 0 aromatic heterocycles. The van der Waals surface area contributed by atoms with Crippen molar-refractivity contribution in [2.24, 2.45) is 0 Å². The molecule has 2 aromatic carbocycles. The zero-order valence-corrected chi connectivity index (χ0v) is 15.2. The fourth-order valence-electron chi connectivity index (χ4n) is 4.03. The third-order valence-corrected chi connectivity index (χ3v) is 5.56. The predicted octanol–water partition coefficient (Wildman–Crippen LogP) is 2.62. The zero-order chi connectivity index (χ0) is 18.2. The van der Waals surface area contributed by atoms with Gasteiger partial charge in [-0.3, -0.25) is 9.69 Å². The summed E-state index contributed by atoms with van der Waals surface area (Å²) in [5, 5.41) is 2.96. The second-order valence-corrected chi connectivity index (χ2v) is 7.34. The van der Waals surface area contributed by atoms with Crippen LogP contribution in [0.1, 0.15) is 17.5 Å². The summed E-state index contributed by atoms with van der Waals surface area (Å²) in [6, 6.07) is 12.6. The number of fused-ring (bicyclic) bond motifs is 2. The van der Waals surface area contributed by atoms with Crippen LogP contribution in [0, 0.1) is 0 Å². The quantitative estimate of drug-likeness (QED) is 0.906. The normalized spacial score (nSPS) is 19.0. The first kappa shape index (κ1) is 16.4. The highest BCUT2D eigenvalue weighted by molar-refractivity contribution is 5.94. The second-order valence-electron chi connectivity index (χ2n) is 7.34. The number of hydrogen-bond acceptors (Lipinski definition) is 5. The molecule has 6 nitrogen and oxygen atoms in total. The SMILES string of the molecule is O=C1CCc2cc(N3CCN(Cc4ccc5c(c4)OCO5)CC3)ccc2N1. The van der Waals surface area contributed by atoms with Crippen LogP contribution in [0.25, 0.3) is 0 Å². The van der Waals surface area contributed by atoms with Gasteiger partial charge in [0.25, 0.3) is 0 Å². The van der Waals surface area contributed by atoms with Gasteiger partial charge in [-0.15, -0.1) is 0 Å². The van der Waals surface area contributed by atoms with Gasteiger partial charge in [0.05, 0.1) is 0 Å². The third kappa shape index (κ3) is 3.32. The number of carbonyl (C=O) groups is 1. The summed E-state index contributed by atoms with van der Waals surface area (Å²) in [6.45, 7) is 5.33. The minimum Gasteiger partial charge on any atom is -0.454 e. The maximum Gasteiger partial charge on any atom is 0.231 e. The van der Waals surface area contributed by atoms with E-state index >= 15 is 0 Å². The molecule has 5 rings (SSSR count). The smallest absolute Gasteiger partial charge is 0.231 e. The number of ether oxygens (including phenoxy) is 2. The molecule has 1 fully saturated rings. The van der Waals surface area contributed by atoms with E-state index in [0.717, 1.165) is 56.3 Å². The average molecular weight is 365 g/mol. The first-order valence-corrected chi connectivity index (χ1v) is 9.53. The van der Waals surface area contributed by atoms with Gasteiger partial charge in [-0.2, -0.15) is 0 Å². The standard InChI is InChI=1S/C21H23N3O3/c25-21-6-2-16-12-17(3-4-18(16)22-21)24-9-7-23(8-10-24)13-15-1-5-19-20(11-15)27-14-26-19/h1,3-5,11-12H,2,6-10,13-14H2,(H,22,25). The Morgan fingerprint density at radius 1 is 0.926 bits per heavy atom. The van der Waals surface area contributed by atoms with E-state index in [9.17, 15) is 4.79 Å². The average Bonchev–Trinajstić information content (AvgIpc) is 3.16. The Bertz CT molecular complexity index is 875. The lowest BCUT2D eigenvalue weighted by molar-refractivity contribution is -0.116. The number of anilines is 2. The van der Waals surface area contributed by atoms with Crippen molar-refractivity contribution < 1.29 is 14.3 Å². The number of amides is 1. The van der Waals surface area contributed by atoms with E-state index in [2.05, 4.69) is 39.4 Å². The van der Waals surface area contributed by atoms with E-state index in [-0.39, 0.29) is 5.91 Å². The predicted molar refractivity (Wildman–Crippen MR) is 103 cm³/mol. The topological polar surface area (TPSA) is 54.0 Å². The Balaban J connectivity index is 1.21. The van der Waals surface area contributed by atoms with E-state index in [0.29, 0.717) is 13.2 Å². The van der Waals surface area contributed by atoms with Gasteiger partial charge < -0.3 is 19.7 Å². The molecule has 140 valence electrons. The van der Waals surface area contributed by atoms with Gasteiger partial charge in [0, 0.05) is 50.5 Å². The van der Waals surface area contributed by atoms with Gasteiger partial charge in [-0.05, 0) is 47.9 Å². The molecule has 1 N–H and O–H groups in total. The molecule has 1 saturated heterocycles. The highest BCUT2D eigenvalue weighted by atomic mass is 16.7. The van der Waals surface area contributed by atoms with Crippen molar-refractivity contribution >= 4 is 17.3 Å². The highest BCUT2D eigenvalue weighted by Gasteiger charge is 2.21. The summed E-state index contributed by atoms with van der Waals surface area (Å²) >= 11 is 0. The Hall–Kier alpha value is -2.73. The van der Waals surface area contributed by atoms with Crippen LogP contribution in [0.3, 0.4) is 0 Å². The lowest BCUT2D eigenvalue weighted by Crippen LogP contribution is -2.46. The summed E-state index contributed by atoms with van der Waals surface area (Å²) in [5.41, 5.74) is 4.73. The minimum absolute atomic E-state index is 0.118. The molecule has 6 heteroatoms. The maximum absolute atomic E-state index is 11.5. The molecule has 27 heavy (non-hydrogen) atoms. The first-order valence-electron chi connectivity index (χ1n) is 9.53. The highest BCUT2D eigenvalue weighted by Crippen LogP contribution is 2.33. The van der Waals surface area contributed by atoms with Gasteiger partial charge in [-0.1, -0.05) is 6.07 Å². The fourth-order valence-corrected chi connectivity index (χ4v) is 4.03. The van der Waals surface area contributed by atoms with Crippen LogP contribution in [-0.2, 0) is 17.8 Å². The summed E-state index contributed by atoms with van der Waals surface area (Å²) in [5.74, 6) is 1.81. The number of nitrogens with one attached hydrogen (secondary N) is 1. The summed E-state index contributed by atoms with van der Waals surface area (Å²) in [4.78, 5) is 16.4. The van der Waals surface area contributed by atoms with Crippen LogP contribution < -0.4 is 19.7 Å². The van der Waals surface area contributed by atoms with Crippen molar-refractivity contribution in [3.63, 3.8) is 0 Å². The van der Waals surface area contributed by atoms with Crippen molar-refractivity contribution in [1.82, 2.24) is 4.90 Å². The molecule has 2 aromatic rings. The van der Waals surface area contributed by atoms with Gasteiger partial charge in [0.1, 0.15) is 0 Å². The lowest BCUT2D eigenvalue weighted by atomic mass is 10.0. The maximum atomic E-state index is 11.5. The Morgan fingerprint density at radius 2 is 1.78 bits per heavy atom. The van der Waals surface area contributed by atoms with Crippen LogP contribution >= 0.6 is 0 Å². The number of nitrogens with zero attached hydrogens (tertiary/aromatic N) is 2. The molecule has 0 spiro atoms. The van der Waals surface area contributed by atoms with Gasteiger partial charge >= 0.3 is 0 Å². The Morgan fingerprint density at radius 3 is 2.67 bits per heavy atom. The minimum atomic E-state index is 0.118.